The van der Waals surface area contributed by atoms with Crippen LogP contribution in [-0.2, 0) is 10.3 Å². The van der Waals surface area contributed by atoms with Crippen molar-refractivity contribution in [3.63, 3.8) is 0 Å². The molecule has 5 nitrogen and oxygen atoms in total. The summed E-state index contributed by atoms with van der Waals surface area (Å²) in [4.78, 5) is 25.8. The Morgan fingerprint density at radius 1 is 1.33 bits per heavy atom. The summed E-state index contributed by atoms with van der Waals surface area (Å²) in [5.74, 6) is -0.313. The summed E-state index contributed by atoms with van der Waals surface area (Å²) in [6, 6.07) is 5.35. The summed E-state index contributed by atoms with van der Waals surface area (Å²) in [5, 5.41) is 12.5. The molecule has 2 rings (SSSR count). The van der Waals surface area contributed by atoms with E-state index >= 15 is 0 Å². The summed E-state index contributed by atoms with van der Waals surface area (Å²) < 4.78 is 0. The standard InChI is InChI=1S/C16H22N2O3/c1-5-12(19)9-18-14(20)16(4,17-15(18)21)13-7-6-10(2)8-11(13)3/h6-8,12,19H,5,9H2,1-4H3,(H,17,21)/t12-,16+/m1/s1. The fraction of sp³-hybridized carbons (Fsp3) is 0.500. The highest BCUT2D eigenvalue weighted by molar-refractivity contribution is 6.07. The molecule has 0 bridgehead atoms. The van der Waals surface area contributed by atoms with Gasteiger partial charge in [0.1, 0.15) is 5.54 Å². The zero-order valence-electron chi connectivity index (χ0n) is 12.9. The molecular weight excluding hydrogens is 268 g/mol. The Bertz CT molecular complexity index is 585. The third kappa shape index (κ3) is 2.65. The zero-order chi connectivity index (χ0) is 15.8. The number of carbonyl (C=O) groups excluding carboxylic acids is 2. The van der Waals surface area contributed by atoms with Crippen LogP contribution >= 0.6 is 0 Å². The minimum absolute atomic E-state index is 0.0294. The van der Waals surface area contributed by atoms with Crippen LogP contribution in [0.4, 0.5) is 4.79 Å². The molecule has 1 fully saturated rings. The van der Waals surface area contributed by atoms with Gasteiger partial charge in [0.25, 0.3) is 5.91 Å². The minimum atomic E-state index is -1.07. The van der Waals surface area contributed by atoms with Gasteiger partial charge in [-0.1, -0.05) is 30.7 Å². The first kappa shape index (κ1) is 15.5. The first-order valence-corrected chi connectivity index (χ1v) is 7.19. The number of aryl methyl sites for hydroxylation is 2. The van der Waals surface area contributed by atoms with Crippen molar-refractivity contribution in [2.75, 3.05) is 6.54 Å². The molecule has 1 aliphatic rings. The van der Waals surface area contributed by atoms with Gasteiger partial charge in [-0.2, -0.15) is 0 Å². The Labute approximate surface area is 125 Å². The lowest BCUT2D eigenvalue weighted by Crippen LogP contribution is -2.42. The molecule has 114 valence electrons. The molecule has 1 heterocycles. The fourth-order valence-corrected chi connectivity index (χ4v) is 2.76. The summed E-state index contributed by atoms with van der Waals surface area (Å²) in [5.41, 5.74) is 1.79. The minimum Gasteiger partial charge on any atom is -0.391 e. The van der Waals surface area contributed by atoms with Crippen LogP contribution in [0, 0.1) is 13.8 Å². The molecule has 2 atom stereocenters. The van der Waals surface area contributed by atoms with E-state index in [-0.39, 0.29) is 12.5 Å². The zero-order valence-corrected chi connectivity index (χ0v) is 12.9. The van der Waals surface area contributed by atoms with Crippen LogP contribution in [0.5, 0.6) is 0 Å². The Hall–Kier alpha value is -1.88. The average Bonchev–Trinajstić information content (AvgIpc) is 2.62. The second kappa shape index (κ2) is 5.48. The molecular formula is C16H22N2O3. The van der Waals surface area contributed by atoms with Crippen LogP contribution in [-0.4, -0.2) is 34.6 Å². The van der Waals surface area contributed by atoms with Crippen LogP contribution in [0.2, 0.25) is 0 Å². The van der Waals surface area contributed by atoms with Crippen LogP contribution in [0.1, 0.15) is 37.0 Å². The number of nitrogens with zero attached hydrogens (tertiary/aromatic N) is 1. The average molecular weight is 290 g/mol. The molecule has 5 heteroatoms. The van der Waals surface area contributed by atoms with Gasteiger partial charge in [0.15, 0.2) is 0 Å². The number of β-amino-alcohol motifs (C(OH)–C–C–N with tert-alkyl or cyclic N) is 1. The number of aliphatic hydroxyl groups excluding tert-OH is 1. The van der Waals surface area contributed by atoms with Crippen molar-refractivity contribution < 1.29 is 14.7 Å². The second-order valence-corrected chi connectivity index (χ2v) is 5.85. The maximum atomic E-state index is 12.7. The van der Waals surface area contributed by atoms with E-state index in [1.54, 1.807) is 6.92 Å². The molecule has 0 saturated carbocycles. The molecule has 2 N–H and O–H groups in total. The Kier molecular flexibility index (Phi) is 4.05. The number of hydrogen-bond acceptors (Lipinski definition) is 3. The van der Waals surface area contributed by atoms with Crippen molar-refractivity contribution in [2.45, 2.75) is 45.8 Å². The Balaban J connectivity index is 2.36. The third-order valence-electron chi connectivity index (χ3n) is 4.06. The summed E-state index contributed by atoms with van der Waals surface area (Å²) in [7, 11) is 0. The lowest BCUT2D eigenvalue weighted by atomic mass is 9.87. The second-order valence-electron chi connectivity index (χ2n) is 5.85. The Morgan fingerprint density at radius 2 is 2.00 bits per heavy atom. The van der Waals surface area contributed by atoms with Crippen LogP contribution in [0.15, 0.2) is 18.2 Å². The molecule has 0 aliphatic carbocycles. The number of amides is 3. The molecule has 1 aromatic carbocycles. The highest BCUT2D eigenvalue weighted by atomic mass is 16.3. The molecule has 3 amide bonds. The predicted octanol–water partition coefficient (Wildman–Crippen LogP) is 1.84. The van der Waals surface area contributed by atoms with E-state index < -0.39 is 17.7 Å². The molecule has 0 unspecified atom stereocenters. The number of rotatable bonds is 4. The lowest BCUT2D eigenvalue weighted by Gasteiger charge is -2.25. The number of carbonyl (C=O) groups is 2. The number of benzene rings is 1. The van der Waals surface area contributed by atoms with Gasteiger partial charge in [0, 0.05) is 0 Å². The van der Waals surface area contributed by atoms with Crippen molar-refractivity contribution in [3.8, 4) is 0 Å². The maximum Gasteiger partial charge on any atom is 0.325 e. The van der Waals surface area contributed by atoms with E-state index in [0.29, 0.717) is 6.42 Å². The molecule has 0 aromatic heterocycles. The first-order chi connectivity index (χ1) is 9.79. The van der Waals surface area contributed by atoms with Gasteiger partial charge in [-0.15, -0.1) is 0 Å². The van der Waals surface area contributed by atoms with E-state index in [2.05, 4.69) is 5.32 Å². The van der Waals surface area contributed by atoms with Crippen molar-refractivity contribution in [3.05, 3.63) is 34.9 Å². The number of urea groups is 1. The fourth-order valence-electron chi connectivity index (χ4n) is 2.76. The number of imide groups is 1. The van der Waals surface area contributed by atoms with Gasteiger partial charge >= 0.3 is 6.03 Å². The van der Waals surface area contributed by atoms with Crippen LogP contribution < -0.4 is 5.32 Å². The molecule has 1 aromatic rings. The van der Waals surface area contributed by atoms with Crippen molar-refractivity contribution in [1.82, 2.24) is 10.2 Å². The third-order valence-corrected chi connectivity index (χ3v) is 4.06. The van der Waals surface area contributed by atoms with E-state index in [1.165, 1.54) is 0 Å². The molecule has 1 aliphatic heterocycles. The predicted molar refractivity (Wildman–Crippen MR) is 79.8 cm³/mol. The number of aliphatic hydroxyl groups is 1. The lowest BCUT2D eigenvalue weighted by molar-refractivity contribution is -0.132. The number of hydrogen-bond donors (Lipinski definition) is 2. The van der Waals surface area contributed by atoms with Gasteiger partial charge in [0.2, 0.25) is 0 Å². The summed E-state index contributed by atoms with van der Waals surface area (Å²) >= 11 is 0. The van der Waals surface area contributed by atoms with E-state index in [1.807, 2.05) is 39.0 Å². The largest absolute Gasteiger partial charge is 0.391 e. The normalized spacial score (nSPS) is 23.4. The van der Waals surface area contributed by atoms with Crippen molar-refractivity contribution >= 4 is 11.9 Å². The smallest absolute Gasteiger partial charge is 0.325 e. The van der Waals surface area contributed by atoms with E-state index in [0.717, 1.165) is 21.6 Å². The van der Waals surface area contributed by atoms with Gasteiger partial charge in [-0.25, -0.2) is 4.79 Å². The summed E-state index contributed by atoms with van der Waals surface area (Å²) in [6.07, 6.45) is -0.196. The maximum absolute atomic E-state index is 12.7. The number of nitrogens with one attached hydrogen (secondary N) is 1. The first-order valence-electron chi connectivity index (χ1n) is 7.19. The van der Waals surface area contributed by atoms with Gasteiger partial charge in [-0.3, -0.25) is 9.69 Å². The molecule has 1 saturated heterocycles. The van der Waals surface area contributed by atoms with Crippen LogP contribution in [0.3, 0.4) is 0 Å². The van der Waals surface area contributed by atoms with E-state index in [4.69, 9.17) is 0 Å². The molecule has 21 heavy (non-hydrogen) atoms. The molecule has 0 spiro atoms. The SMILES string of the molecule is CC[C@@H](O)CN1C(=O)N[C@@](C)(c2ccc(C)cc2C)C1=O. The quantitative estimate of drug-likeness (QED) is 0.831. The highest BCUT2D eigenvalue weighted by Gasteiger charge is 2.49. The monoisotopic (exact) mass is 290 g/mol. The van der Waals surface area contributed by atoms with Crippen LogP contribution in [0.25, 0.3) is 0 Å². The van der Waals surface area contributed by atoms with Gasteiger partial charge < -0.3 is 10.4 Å². The summed E-state index contributed by atoms with van der Waals surface area (Å²) in [6.45, 7) is 7.46. The van der Waals surface area contributed by atoms with Crippen molar-refractivity contribution in [2.24, 2.45) is 0 Å². The van der Waals surface area contributed by atoms with Gasteiger partial charge in [-0.05, 0) is 38.3 Å². The van der Waals surface area contributed by atoms with E-state index in [9.17, 15) is 14.7 Å². The molecule has 0 radical (unpaired) electrons. The Morgan fingerprint density at radius 3 is 2.57 bits per heavy atom. The van der Waals surface area contributed by atoms with Crippen molar-refractivity contribution in [1.29, 1.82) is 0 Å². The highest BCUT2D eigenvalue weighted by Crippen LogP contribution is 2.31. The van der Waals surface area contributed by atoms with Gasteiger partial charge in [0.05, 0.1) is 12.6 Å². The topological polar surface area (TPSA) is 69.6 Å².